The van der Waals surface area contributed by atoms with E-state index in [2.05, 4.69) is 28.7 Å². The zero-order chi connectivity index (χ0) is 20.5. The summed E-state index contributed by atoms with van der Waals surface area (Å²) in [6.07, 6.45) is 1.13. The predicted molar refractivity (Wildman–Crippen MR) is 109 cm³/mol. The molecule has 1 fully saturated rings. The maximum Gasteiger partial charge on any atom is 0.255 e. The summed E-state index contributed by atoms with van der Waals surface area (Å²) in [5, 5.41) is 0. The Kier molecular flexibility index (Phi) is 5.69. The number of hydrogen-bond donors (Lipinski definition) is 0. The van der Waals surface area contributed by atoms with Crippen molar-refractivity contribution < 1.29 is 13.2 Å². The number of aromatic nitrogens is 2. The molecule has 150 valence electrons. The lowest BCUT2D eigenvalue weighted by Gasteiger charge is -2.36. The zero-order valence-corrected chi connectivity index (χ0v) is 17.5. The molecule has 0 bridgehead atoms. The van der Waals surface area contributed by atoms with Crippen molar-refractivity contribution in [3.63, 3.8) is 0 Å². The van der Waals surface area contributed by atoms with Gasteiger partial charge in [0.05, 0.1) is 10.5 Å². The molecule has 0 aliphatic carbocycles. The van der Waals surface area contributed by atoms with Crippen LogP contribution < -0.4 is 4.90 Å². The fraction of sp³-hybridized carbons (Fsp3) is 0.450. The summed E-state index contributed by atoms with van der Waals surface area (Å²) in [5.41, 5.74) is 1.16. The van der Waals surface area contributed by atoms with Crippen LogP contribution in [0.2, 0.25) is 0 Å². The molecular weight excluding hydrogens is 376 g/mol. The number of carbonyl (C=O) groups excluding carboxylic acids is 1. The number of anilines is 1. The number of hydrogen-bond acceptors (Lipinski definition) is 6. The normalized spacial score (nSPS) is 15.2. The lowest BCUT2D eigenvalue weighted by atomic mass is 10.1. The molecule has 2 aromatic rings. The maximum absolute atomic E-state index is 12.9. The molecule has 28 heavy (non-hydrogen) atoms. The van der Waals surface area contributed by atoms with E-state index in [9.17, 15) is 13.2 Å². The van der Waals surface area contributed by atoms with Gasteiger partial charge in [-0.05, 0) is 19.1 Å². The molecule has 1 saturated heterocycles. The molecule has 0 atom stereocenters. The molecule has 1 amide bonds. The van der Waals surface area contributed by atoms with Gasteiger partial charge in [0, 0.05) is 50.1 Å². The molecule has 1 aromatic heterocycles. The second-order valence-electron chi connectivity index (χ2n) is 7.43. The van der Waals surface area contributed by atoms with E-state index in [0.717, 1.165) is 23.6 Å². The number of nitrogens with zero attached hydrogens (tertiary/aromatic N) is 4. The molecule has 0 radical (unpaired) electrons. The largest absolute Gasteiger partial charge is 0.353 e. The summed E-state index contributed by atoms with van der Waals surface area (Å²) in [4.78, 5) is 26.0. The van der Waals surface area contributed by atoms with Crippen LogP contribution in [-0.4, -0.2) is 61.6 Å². The van der Waals surface area contributed by atoms with Gasteiger partial charge in [-0.1, -0.05) is 26.0 Å². The Labute approximate surface area is 166 Å². The highest BCUT2D eigenvalue weighted by atomic mass is 32.2. The Morgan fingerprint density at radius 2 is 1.71 bits per heavy atom. The highest BCUT2D eigenvalue weighted by molar-refractivity contribution is 7.90. The third-order valence-electron chi connectivity index (χ3n) is 4.78. The standard InChI is InChI=1S/C20H26N4O3S/c1-14(2)19-21-15(3)13-18(22-19)23-9-11-24(12-10-23)20(25)16-7-5-6-8-17(16)28(4,26)27/h5-8,13-14H,9-12H2,1-4H3. The Morgan fingerprint density at radius 3 is 2.32 bits per heavy atom. The second kappa shape index (κ2) is 7.87. The quantitative estimate of drug-likeness (QED) is 0.780. The van der Waals surface area contributed by atoms with Gasteiger partial charge >= 0.3 is 0 Å². The molecule has 1 aromatic carbocycles. The molecule has 1 aliphatic heterocycles. The van der Waals surface area contributed by atoms with Crippen LogP contribution >= 0.6 is 0 Å². The Balaban J connectivity index is 1.76. The number of aryl methyl sites for hydroxylation is 1. The molecule has 2 heterocycles. The minimum Gasteiger partial charge on any atom is -0.353 e. The summed E-state index contributed by atoms with van der Waals surface area (Å²) in [7, 11) is -3.46. The third-order valence-corrected chi connectivity index (χ3v) is 5.94. The number of amides is 1. The maximum atomic E-state index is 12.9. The van der Waals surface area contributed by atoms with E-state index in [1.807, 2.05) is 13.0 Å². The van der Waals surface area contributed by atoms with Gasteiger partial charge < -0.3 is 9.80 Å². The minimum atomic E-state index is -3.46. The van der Waals surface area contributed by atoms with E-state index in [-0.39, 0.29) is 22.3 Å². The van der Waals surface area contributed by atoms with Gasteiger partial charge in [0.1, 0.15) is 11.6 Å². The average Bonchev–Trinajstić information content (AvgIpc) is 2.66. The second-order valence-corrected chi connectivity index (χ2v) is 9.41. The molecule has 0 unspecified atom stereocenters. The van der Waals surface area contributed by atoms with Gasteiger partial charge in [-0.3, -0.25) is 4.79 Å². The average molecular weight is 403 g/mol. The highest BCUT2D eigenvalue weighted by Crippen LogP contribution is 2.21. The first-order chi connectivity index (χ1) is 13.2. The van der Waals surface area contributed by atoms with Crippen LogP contribution in [0.5, 0.6) is 0 Å². The van der Waals surface area contributed by atoms with Crippen LogP contribution in [0.15, 0.2) is 35.2 Å². The molecule has 0 N–H and O–H groups in total. The van der Waals surface area contributed by atoms with Crippen LogP contribution in [0, 0.1) is 6.92 Å². The van der Waals surface area contributed by atoms with Crippen molar-refractivity contribution in [3.05, 3.63) is 47.4 Å². The SMILES string of the molecule is Cc1cc(N2CCN(C(=O)c3ccccc3S(C)(=O)=O)CC2)nc(C(C)C)n1. The Hall–Kier alpha value is -2.48. The lowest BCUT2D eigenvalue weighted by molar-refractivity contribution is 0.0742. The first kappa shape index (κ1) is 20.3. The van der Waals surface area contributed by atoms with E-state index in [4.69, 9.17) is 0 Å². The van der Waals surface area contributed by atoms with Crippen LogP contribution in [0.4, 0.5) is 5.82 Å². The smallest absolute Gasteiger partial charge is 0.255 e. The molecule has 8 heteroatoms. The van der Waals surface area contributed by atoms with Gasteiger partial charge in [0.25, 0.3) is 5.91 Å². The van der Waals surface area contributed by atoms with Crippen molar-refractivity contribution in [2.75, 3.05) is 37.3 Å². The molecule has 7 nitrogen and oxygen atoms in total. The molecule has 3 rings (SSSR count). The molecule has 1 aliphatic rings. The van der Waals surface area contributed by atoms with Crippen molar-refractivity contribution in [2.24, 2.45) is 0 Å². The lowest BCUT2D eigenvalue weighted by Crippen LogP contribution is -2.49. The molecule has 0 saturated carbocycles. The topological polar surface area (TPSA) is 83.5 Å². The Morgan fingerprint density at radius 1 is 1.07 bits per heavy atom. The number of piperazine rings is 1. The third kappa shape index (κ3) is 4.32. The van der Waals surface area contributed by atoms with Gasteiger partial charge in [-0.2, -0.15) is 0 Å². The molecule has 0 spiro atoms. The number of carbonyl (C=O) groups is 1. The predicted octanol–water partition coefficient (Wildman–Crippen LogP) is 2.27. The minimum absolute atomic E-state index is 0.0791. The van der Waals surface area contributed by atoms with Gasteiger partial charge in [-0.15, -0.1) is 0 Å². The Bertz CT molecular complexity index is 981. The van der Waals surface area contributed by atoms with E-state index in [0.29, 0.717) is 26.2 Å². The van der Waals surface area contributed by atoms with Crippen molar-refractivity contribution >= 4 is 21.6 Å². The summed E-state index contributed by atoms with van der Waals surface area (Å²) in [5.74, 6) is 1.69. The monoisotopic (exact) mass is 402 g/mol. The first-order valence-corrected chi connectivity index (χ1v) is 11.2. The number of rotatable bonds is 4. The van der Waals surface area contributed by atoms with Gasteiger partial charge in [0.2, 0.25) is 0 Å². The van der Waals surface area contributed by atoms with Crippen molar-refractivity contribution in [1.82, 2.24) is 14.9 Å². The van der Waals surface area contributed by atoms with Gasteiger partial charge in [-0.25, -0.2) is 18.4 Å². The van der Waals surface area contributed by atoms with Gasteiger partial charge in [0.15, 0.2) is 9.84 Å². The van der Waals surface area contributed by atoms with Crippen molar-refractivity contribution in [2.45, 2.75) is 31.6 Å². The number of benzene rings is 1. The van der Waals surface area contributed by atoms with E-state index in [1.165, 1.54) is 6.07 Å². The summed E-state index contributed by atoms with van der Waals surface area (Å²) in [6.45, 7) is 8.39. The van der Waals surface area contributed by atoms with Crippen LogP contribution in [-0.2, 0) is 9.84 Å². The number of sulfone groups is 1. The zero-order valence-electron chi connectivity index (χ0n) is 16.7. The highest BCUT2D eigenvalue weighted by Gasteiger charge is 2.26. The molecular formula is C20H26N4O3S. The van der Waals surface area contributed by atoms with Crippen molar-refractivity contribution in [1.29, 1.82) is 0 Å². The fourth-order valence-corrected chi connectivity index (χ4v) is 4.15. The van der Waals surface area contributed by atoms with E-state index < -0.39 is 9.84 Å². The van der Waals surface area contributed by atoms with Crippen LogP contribution in [0.3, 0.4) is 0 Å². The summed E-state index contributed by atoms with van der Waals surface area (Å²) in [6, 6.07) is 8.34. The summed E-state index contributed by atoms with van der Waals surface area (Å²) >= 11 is 0. The van der Waals surface area contributed by atoms with Crippen LogP contribution in [0.1, 0.15) is 41.6 Å². The van der Waals surface area contributed by atoms with E-state index >= 15 is 0 Å². The fourth-order valence-electron chi connectivity index (χ4n) is 3.27. The first-order valence-electron chi connectivity index (χ1n) is 9.35. The van der Waals surface area contributed by atoms with E-state index in [1.54, 1.807) is 23.1 Å². The summed E-state index contributed by atoms with van der Waals surface area (Å²) < 4.78 is 24.0. The van der Waals surface area contributed by atoms with Crippen molar-refractivity contribution in [3.8, 4) is 0 Å². The van der Waals surface area contributed by atoms with Crippen LogP contribution in [0.25, 0.3) is 0 Å².